The first-order valence-electron chi connectivity index (χ1n) is 8.75. The van der Waals surface area contributed by atoms with Gasteiger partial charge in [-0.15, -0.1) is 0 Å². The van der Waals surface area contributed by atoms with E-state index in [1.54, 1.807) is 27.1 Å². The lowest BCUT2D eigenvalue weighted by Gasteiger charge is -2.15. The second kappa shape index (κ2) is 8.51. The Kier molecular flexibility index (Phi) is 5.88. The van der Waals surface area contributed by atoms with Gasteiger partial charge < -0.3 is 18.6 Å². The fraction of sp³-hybridized carbons (Fsp3) is 0.300. The summed E-state index contributed by atoms with van der Waals surface area (Å²) in [5.74, 6) is 1.24. The lowest BCUT2D eigenvalue weighted by Crippen LogP contribution is -2.31. The summed E-state index contributed by atoms with van der Waals surface area (Å²) < 4.78 is 15.2. The summed E-state index contributed by atoms with van der Waals surface area (Å²) in [6.07, 6.45) is 2.44. The van der Waals surface area contributed by atoms with Crippen molar-refractivity contribution in [3.8, 4) is 5.75 Å². The standard InChI is InChI=1S/C20H21N3O5/c1-13-10-16(9-6-14-4-7-15(26-3)8-5-14)28-20(25)18(13)19(24)23(2)11-17-21-12-27-22-17/h4-5,7-8,10,12H,6,9,11H2,1-3H3. The van der Waals surface area contributed by atoms with E-state index in [-0.39, 0.29) is 12.1 Å². The molecule has 0 atom stereocenters. The molecule has 0 radical (unpaired) electrons. The first kappa shape index (κ1) is 19.3. The van der Waals surface area contributed by atoms with E-state index in [0.717, 1.165) is 11.3 Å². The highest BCUT2D eigenvalue weighted by Gasteiger charge is 2.21. The number of carbonyl (C=O) groups is 1. The monoisotopic (exact) mass is 383 g/mol. The fourth-order valence-electron chi connectivity index (χ4n) is 2.85. The molecule has 8 nitrogen and oxygen atoms in total. The van der Waals surface area contributed by atoms with Gasteiger partial charge in [-0.2, -0.15) is 4.98 Å². The molecule has 8 heteroatoms. The van der Waals surface area contributed by atoms with E-state index in [9.17, 15) is 9.59 Å². The smallest absolute Gasteiger partial charge is 0.349 e. The molecular formula is C20H21N3O5. The molecule has 0 aliphatic rings. The van der Waals surface area contributed by atoms with Crippen LogP contribution >= 0.6 is 0 Å². The molecular weight excluding hydrogens is 362 g/mol. The van der Waals surface area contributed by atoms with Crippen molar-refractivity contribution in [2.75, 3.05) is 14.2 Å². The molecule has 1 amide bonds. The predicted octanol–water partition coefficient (Wildman–Crippen LogP) is 2.40. The number of amides is 1. The van der Waals surface area contributed by atoms with Gasteiger partial charge in [-0.05, 0) is 42.7 Å². The van der Waals surface area contributed by atoms with Gasteiger partial charge in [0.25, 0.3) is 5.91 Å². The number of rotatable bonds is 7. The van der Waals surface area contributed by atoms with Crippen LogP contribution in [0.25, 0.3) is 0 Å². The number of hydrogen-bond acceptors (Lipinski definition) is 7. The van der Waals surface area contributed by atoms with Crippen LogP contribution in [0.2, 0.25) is 0 Å². The van der Waals surface area contributed by atoms with E-state index < -0.39 is 11.5 Å². The average Bonchev–Trinajstić information content (AvgIpc) is 3.19. The molecule has 28 heavy (non-hydrogen) atoms. The summed E-state index contributed by atoms with van der Waals surface area (Å²) >= 11 is 0. The Labute approximate surface area is 161 Å². The summed E-state index contributed by atoms with van der Waals surface area (Å²) in [6.45, 7) is 1.86. The molecule has 0 unspecified atom stereocenters. The molecule has 146 valence electrons. The summed E-state index contributed by atoms with van der Waals surface area (Å²) in [5, 5.41) is 3.67. The Morgan fingerprint density at radius 1 is 1.21 bits per heavy atom. The minimum Gasteiger partial charge on any atom is -0.497 e. The van der Waals surface area contributed by atoms with Gasteiger partial charge in [0, 0.05) is 13.5 Å². The molecule has 0 spiro atoms. The Morgan fingerprint density at radius 2 is 1.96 bits per heavy atom. The van der Waals surface area contributed by atoms with Crippen LogP contribution in [-0.4, -0.2) is 35.1 Å². The maximum atomic E-state index is 12.6. The van der Waals surface area contributed by atoms with Crippen LogP contribution in [0.1, 0.15) is 33.1 Å². The molecule has 0 saturated carbocycles. The molecule has 0 bridgehead atoms. The Morgan fingerprint density at radius 3 is 2.57 bits per heavy atom. The summed E-state index contributed by atoms with van der Waals surface area (Å²) in [4.78, 5) is 30.3. The second-order valence-electron chi connectivity index (χ2n) is 6.41. The quantitative estimate of drug-likeness (QED) is 0.618. The summed E-state index contributed by atoms with van der Waals surface area (Å²) in [5.41, 5.74) is 1.04. The van der Waals surface area contributed by atoms with Crippen molar-refractivity contribution in [3.63, 3.8) is 0 Å². The highest BCUT2D eigenvalue weighted by atomic mass is 16.5. The number of nitrogens with zero attached hydrogens (tertiary/aromatic N) is 3. The zero-order valence-corrected chi connectivity index (χ0v) is 16.0. The van der Waals surface area contributed by atoms with Crippen molar-refractivity contribution in [2.24, 2.45) is 0 Å². The number of aromatic nitrogens is 2. The molecule has 3 rings (SSSR count). The van der Waals surface area contributed by atoms with Gasteiger partial charge in [0.05, 0.1) is 13.7 Å². The third-order valence-corrected chi connectivity index (χ3v) is 4.36. The van der Waals surface area contributed by atoms with Crippen molar-refractivity contribution in [3.05, 3.63) is 75.4 Å². The summed E-state index contributed by atoms with van der Waals surface area (Å²) in [7, 11) is 3.18. The molecule has 2 heterocycles. The normalized spacial score (nSPS) is 10.7. The van der Waals surface area contributed by atoms with E-state index in [0.29, 0.717) is 30.0 Å². The lowest BCUT2D eigenvalue weighted by atomic mass is 10.1. The fourth-order valence-corrected chi connectivity index (χ4v) is 2.85. The molecule has 0 fully saturated rings. The number of ether oxygens (including phenoxy) is 1. The van der Waals surface area contributed by atoms with Crippen LogP contribution in [-0.2, 0) is 19.4 Å². The van der Waals surface area contributed by atoms with Gasteiger partial charge in [-0.1, -0.05) is 17.3 Å². The molecule has 2 aromatic heterocycles. The number of benzene rings is 1. The number of carbonyl (C=O) groups excluding carboxylic acids is 1. The van der Waals surface area contributed by atoms with Crippen molar-refractivity contribution >= 4 is 5.91 Å². The molecule has 1 aromatic carbocycles. The molecule has 0 saturated heterocycles. The van der Waals surface area contributed by atoms with Gasteiger partial charge >= 0.3 is 5.63 Å². The number of aryl methyl sites for hydroxylation is 3. The number of methoxy groups -OCH3 is 1. The van der Waals surface area contributed by atoms with Crippen LogP contribution in [0.5, 0.6) is 5.75 Å². The minimum atomic E-state index is -0.644. The lowest BCUT2D eigenvalue weighted by molar-refractivity contribution is 0.0774. The van der Waals surface area contributed by atoms with Gasteiger partial charge in [0.2, 0.25) is 6.39 Å². The SMILES string of the molecule is COc1ccc(CCc2cc(C)c(C(=O)N(C)Cc3ncon3)c(=O)o2)cc1. The van der Waals surface area contributed by atoms with Crippen molar-refractivity contribution < 1.29 is 18.5 Å². The second-order valence-corrected chi connectivity index (χ2v) is 6.41. The highest BCUT2D eigenvalue weighted by molar-refractivity contribution is 5.94. The van der Waals surface area contributed by atoms with Gasteiger partial charge in [-0.25, -0.2) is 4.79 Å². The Hall–Kier alpha value is -3.42. The largest absolute Gasteiger partial charge is 0.497 e. The van der Waals surface area contributed by atoms with E-state index in [4.69, 9.17) is 9.15 Å². The van der Waals surface area contributed by atoms with E-state index in [1.807, 2.05) is 24.3 Å². The molecule has 0 N–H and O–H groups in total. The third-order valence-electron chi connectivity index (χ3n) is 4.36. The van der Waals surface area contributed by atoms with Gasteiger partial charge in [0.15, 0.2) is 5.82 Å². The van der Waals surface area contributed by atoms with Crippen molar-refractivity contribution in [2.45, 2.75) is 26.3 Å². The van der Waals surface area contributed by atoms with E-state index in [2.05, 4.69) is 14.7 Å². The van der Waals surface area contributed by atoms with Crippen LogP contribution in [0, 0.1) is 6.92 Å². The molecule has 3 aromatic rings. The van der Waals surface area contributed by atoms with Crippen molar-refractivity contribution in [1.82, 2.24) is 15.0 Å². The zero-order valence-electron chi connectivity index (χ0n) is 16.0. The maximum absolute atomic E-state index is 12.6. The number of hydrogen-bond donors (Lipinski definition) is 0. The minimum absolute atomic E-state index is 0.0131. The van der Waals surface area contributed by atoms with Gasteiger partial charge in [-0.3, -0.25) is 4.79 Å². The van der Waals surface area contributed by atoms with Gasteiger partial charge in [0.1, 0.15) is 17.1 Å². The van der Waals surface area contributed by atoms with Crippen LogP contribution in [0.4, 0.5) is 0 Å². The average molecular weight is 383 g/mol. The zero-order chi connectivity index (χ0) is 20.1. The molecule has 0 aliphatic carbocycles. The third kappa shape index (κ3) is 4.46. The Balaban J connectivity index is 1.71. The summed E-state index contributed by atoms with van der Waals surface area (Å²) in [6, 6.07) is 9.44. The first-order chi connectivity index (χ1) is 13.5. The Bertz CT molecular complexity index is 994. The van der Waals surface area contributed by atoms with Crippen LogP contribution in [0.3, 0.4) is 0 Å². The maximum Gasteiger partial charge on any atom is 0.349 e. The van der Waals surface area contributed by atoms with Crippen molar-refractivity contribution in [1.29, 1.82) is 0 Å². The highest BCUT2D eigenvalue weighted by Crippen LogP contribution is 2.15. The van der Waals surface area contributed by atoms with E-state index in [1.165, 1.54) is 11.3 Å². The van der Waals surface area contributed by atoms with E-state index >= 15 is 0 Å². The van der Waals surface area contributed by atoms with Crippen LogP contribution < -0.4 is 10.4 Å². The van der Waals surface area contributed by atoms with Crippen LogP contribution in [0.15, 0.2) is 50.5 Å². The first-order valence-corrected chi connectivity index (χ1v) is 8.75. The topological polar surface area (TPSA) is 98.7 Å². The predicted molar refractivity (Wildman–Crippen MR) is 100 cm³/mol. The molecule has 0 aliphatic heterocycles.